The number of hydrogen-bond donors (Lipinski definition) is 1. The van der Waals surface area contributed by atoms with Crippen molar-refractivity contribution in [3.8, 4) is 5.75 Å². The molecule has 25 heavy (non-hydrogen) atoms. The molecule has 0 radical (unpaired) electrons. The highest BCUT2D eigenvalue weighted by Gasteiger charge is 2.33. The summed E-state index contributed by atoms with van der Waals surface area (Å²) in [5.41, 5.74) is 6.22. The van der Waals surface area contributed by atoms with Crippen LogP contribution in [-0.4, -0.2) is 29.8 Å². The largest absolute Gasteiger partial charge is 0.476 e. The number of carbonyl (C=O) groups excluding carboxylic acids is 2. The van der Waals surface area contributed by atoms with E-state index in [1.54, 1.807) is 4.90 Å². The van der Waals surface area contributed by atoms with Crippen LogP contribution in [0.1, 0.15) is 24.5 Å². The summed E-state index contributed by atoms with van der Waals surface area (Å²) in [6, 6.07) is 18.7. The van der Waals surface area contributed by atoms with Gasteiger partial charge in [0.25, 0.3) is 5.91 Å². The van der Waals surface area contributed by atoms with E-state index in [-0.39, 0.29) is 17.7 Å². The van der Waals surface area contributed by atoms with Crippen LogP contribution in [0.25, 0.3) is 0 Å². The van der Waals surface area contributed by atoms with Gasteiger partial charge in [0.2, 0.25) is 12.0 Å². The third-order valence-electron chi connectivity index (χ3n) is 4.46. The molecule has 2 aromatic rings. The molecule has 130 valence electrons. The molecule has 5 heteroatoms. The van der Waals surface area contributed by atoms with Gasteiger partial charge in [-0.05, 0) is 25.0 Å². The maximum absolute atomic E-state index is 13.1. The van der Waals surface area contributed by atoms with E-state index >= 15 is 0 Å². The third-order valence-corrected chi connectivity index (χ3v) is 4.46. The highest BCUT2D eigenvalue weighted by Crippen LogP contribution is 2.26. The summed E-state index contributed by atoms with van der Waals surface area (Å²) in [5.74, 6) is -0.141. The van der Waals surface area contributed by atoms with Crippen molar-refractivity contribution in [3.63, 3.8) is 0 Å². The van der Waals surface area contributed by atoms with Crippen molar-refractivity contribution in [1.82, 2.24) is 4.90 Å². The lowest BCUT2D eigenvalue weighted by Crippen LogP contribution is -2.46. The van der Waals surface area contributed by atoms with Crippen molar-refractivity contribution in [1.29, 1.82) is 0 Å². The van der Waals surface area contributed by atoms with E-state index in [0.717, 1.165) is 18.4 Å². The van der Waals surface area contributed by atoms with Gasteiger partial charge in [0, 0.05) is 18.7 Å². The number of rotatable bonds is 5. The minimum absolute atomic E-state index is 0.138. The Morgan fingerprint density at radius 1 is 1.04 bits per heavy atom. The topological polar surface area (TPSA) is 72.6 Å². The first-order chi connectivity index (χ1) is 12.1. The number of benzene rings is 2. The molecular weight excluding hydrogens is 316 g/mol. The number of carbonyl (C=O) groups is 2. The van der Waals surface area contributed by atoms with Crippen LogP contribution in [0.2, 0.25) is 0 Å². The predicted octanol–water partition coefficient (Wildman–Crippen LogP) is 2.53. The molecule has 0 spiro atoms. The summed E-state index contributed by atoms with van der Waals surface area (Å²) in [6.45, 7) is 0.972. The Bertz CT molecular complexity index is 718. The molecule has 1 aliphatic heterocycles. The van der Waals surface area contributed by atoms with Crippen molar-refractivity contribution in [2.45, 2.75) is 18.9 Å². The number of piperidine rings is 1. The number of likely N-dealkylation sites (tertiary alicyclic amines) is 1. The zero-order valence-corrected chi connectivity index (χ0v) is 14.0. The molecule has 0 aliphatic carbocycles. The molecular formula is C20H22N2O3. The minimum atomic E-state index is -0.741. The molecule has 0 unspecified atom stereocenters. The third kappa shape index (κ3) is 4.18. The Morgan fingerprint density at radius 3 is 2.32 bits per heavy atom. The number of primary amides is 1. The van der Waals surface area contributed by atoms with Gasteiger partial charge in [-0.25, -0.2) is 0 Å². The molecule has 1 aliphatic rings. The fraction of sp³-hybridized carbons (Fsp3) is 0.300. The maximum Gasteiger partial charge on any atom is 0.268 e. The van der Waals surface area contributed by atoms with Crippen molar-refractivity contribution in [3.05, 3.63) is 66.2 Å². The highest BCUT2D eigenvalue weighted by molar-refractivity contribution is 5.84. The first kappa shape index (κ1) is 17.0. The summed E-state index contributed by atoms with van der Waals surface area (Å²) < 4.78 is 6.00. The molecule has 2 atom stereocenters. The number of para-hydroxylation sites is 1. The number of nitrogens with two attached hydrogens (primary N) is 1. The van der Waals surface area contributed by atoms with Crippen molar-refractivity contribution < 1.29 is 14.3 Å². The van der Waals surface area contributed by atoms with Gasteiger partial charge in [0.05, 0.1) is 5.92 Å². The monoisotopic (exact) mass is 338 g/mol. The van der Waals surface area contributed by atoms with Crippen LogP contribution in [0.5, 0.6) is 5.75 Å². The lowest BCUT2D eigenvalue weighted by molar-refractivity contribution is -0.142. The molecule has 2 N–H and O–H groups in total. The van der Waals surface area contributed by atoms with Crippen LogP contribution in [0, 0.1) is 5.92 Å². The Labute approximate surface area is 147 Å². The summed E-state index contributed by atoms with van der Waals surface area (Å²) in [4.78, 5) is 26.3. The number of ether oxygens (including phenoxy) is 1. The molecule has 0 saturated carbocycles. The van der Waals surface area contributed by atoms with Gasteiger partial charge in [-0.2, -0.15) is 0 Å². The number of nitrogens with zero attached hydrogens (tertiary/aromatic N) is 1. The zero-order valence-electron chi connectivity index (χ0n) is 14.0. The standard InChI is InChI=1S/C20H22N2O3/c21-19(23)16-10-7-13-22(14-16)20(24)18(15-8-3-1-4-9-15)25-17-11-5-2-6-12-17/h1-6,8-9,11-12,16,18H,7,10,13-14H2,(H2,21,23)/t16-,18+/m0/s1. The van der Waals surface area contributed by atoms with E-state index in [4.69, 9.17) is 10.5 Å². The molecule has 0 aromatic heterocycles. The molecule has 1 saturated heterocycles. The smallest absolute Gasteiger partial charge is 0.268 e. The van der Waals surface area contributed by atoms with Crippen molar-refractivity contribution in [2.75, 3.05) is 13.1 Å². The van der Waals surface area contributed by atoms with Crippen LogP contribution in [0.4, 0.5) is 0 Å². The van der Waals surface area contributed by atoms with E-state index in [9.17, 15) is 9.59 Å². The Hall–Kier alpha value is -2.82. The van der Waals surface area contributed by atoms with E-state index in [1.807, 2.05) is 60.7 Å². The van der Waals surface area contributed by atoms with E-state index < -0.39 is 6.10 Å². The van der Waals surface area contributed by atoms with Crippen LogP contribution in [0.3, 0.4) is 0 Å². The van der Waals surface area contributed by atoms with Crippen LogP contribution in [-0.2, 0) is 9.59 Å². The summed E-state index contributed by atoms with van der Waals surface area (Å²) in [5, 5.41) is 0. The van der Waals surface area contributed by atoms with E-state index in [1.165, 1.54) is 0 Å². The normalized spacial score (nSPS) is 18.4. The Kier molecular flexibility index (Phi) is 5.33. The lowest BCUT2D eigenvalue weighted by atomic mass is 9.96. The van der Waals surface area contributed by atoms with E-state index in [0.29, 0.717) is 18.8 Å². The first-order valence-electron chi connectivity index (χ1n) is 8.50. The molecule has 2 aromatic carbocycles. The maximum atomic E-state index is 13.1. The fourth-order valence-corrected chi connectivity index (χ4v) is 3.10. The van der Waals surface area contributed by atoms with E-state index in [2.05, 4.69) is 0 Å². The summed E-state index contributed by atoms with van der Waals surface area (Å²) >= 11 is 0. The number of hydrogen-bond acceptors (Lipinski definition) is 3. The van der Waals surface area contributed by atoms with Gasteiger partial charge in [0.1, 0.15) is 5.75 Å². The second-order valence-corrected chi connectivity index (χ2v) is 6.25. The molecule has 3 rings (SSSR count). The average molecular weight is 338 g/mol. The van der Waals surface area contributed by atoms with Crippen molar-refractivity contribution >= 4 is 11.8 Å². The zero-order chi connectivity index (χ0) is 17.6. The highest BCUT2D eigenvalue weighted by atomic mass is 16.5. The Balaban J connectivity index is 1.83. The summed E-state index contributed by atoms with van der Waals surface area (Å²) in [7, 11) is 0. The van der Waals surface area contributed by atoms with Gasteiger partial charge < -0.3 is 15.4 Å². The van der Waals surface area contributed by atoms with Crippen LogP contribution < -0.4 is 10.5 Å². The second-order valence-electron chi connectivity index (χ2n) is 6.25. The average Bonchev–Trinajstić information content (AvgIpc) is 2.67. The molecule has 0 bridgehead atoms. The van der Waals surface area contributed by atoms with Gasteiger partial charge in [-0.15, -0.1) is 0 Å². The lowest BCUT2D eigenvalue weighted by Gasteiger charge is -2.33. The molecule has 2 amide bonds. The summed E-state index contributed by atoms with van der Waals surface area (Å²) in [6.07, 6.45) is 0.760. The molecule has 5 nitrogen and oxygen atoms in total. The minimum Gasteiger partial charge on any atom is -0.476 e. The Morgan fingerprint density at radius 2 is 1.68 bits per heavy atom. The first-order valence-corrected chi connectivity index (χ1v) is 8.50. The van der Waals surface area contributed by atoms with Crippen LogP contribution >= 0.6 is 0 Å². The number of amides is 2. The van der Waals surface area contributed by atoms with Gasteiger partial charge in [-0.1, -0.05) is 48.5 Å². The quantitative estimate of drug-likeness (QED) is 0.910. The van der Waals surface area contributed by atoms with Gasteiger partial charge >= 0.3 is 0 Å². The molecule has 1 heterocycles. The van der Waals surface area contributed by atoms with Gasteiger partial charge in [0.15, 0.2) is 0 Å². The fourth-order valence-electron chi connectivity index (χ4n) is 3.10. The molecule has 1 fully saturated rings. The van der Waals surface area contributed by atoms with Gasteiger partial charge in [-0.3, -0.25) is 9.59 Å². The second kappa shape index (κ2) is 7.83. The SMILES string of the molecule is NC(=O)[C@H]1CCCN(C(=O)[C@H](Oc2ccccc2)c2ccccc2)C1. The van der Waals surface area contributed by atoms with Crippen LogP contribution in [0.15, 0.2) is 60.7 Å². The van der Waals surface area contributed by atoms with Crippen molar-refractivity contribution in [2.24, 2.45) is 11.7 Å². The predicted molar refractivity (Wildman–Crippen MR) is 94.8 cm³/mol.